The zero-order valence-corrected chi connectivity index (χ0v) is 8.62. The molecule has 1 fully saturated rings. The molecule has 0 radical (unpaired) electrons. The lowest BCUT2D eigenvalue weighted by Gasteiger charge is -2.28. The van der Waals surface area contributed by atoms with Crippen LogP contribution in [-0.4, -0.2) is 22.9 Å². The van der Waals surface area contributed by atoms with Gasteiger partial charge in [0.05, 0.1) is 12.5 Å². The van der Waals surface area contributed by atoms with Crippen molar-refractivity contribution in [1.29, 1.82) is 0 Å². The zero-order chi connectivity index (χ0) is 10.9. The van der Waals surface area contributed by atoms with E-state index in [4.69, 9.17) is 10.8 Å². The van der Waals surface area contributed by atoms with Gasteiger partial charge in [-0.05, 0) is 18.3 Å². The summed E-state index contributed by atoms with van der Waals surface area (Å²) < 4.78 is 0. The van der Waals surface area contributed by atoms with E-state index in [1.54, 1.807) is 13.8 Å². The van der Waals surface area contributed by atoms with Crippen LogP contribution in [0.5, 0.6) is 0 Å². The van der Waals surface area contributed by atoms with Gasteiger partial charge in [-0.25, -0.2) is 0 Å². The molecule has 1 aliphatic carbocycles. The van der Waals surface area contributed by atoms with Crippen LogP contribution in [0.2, 0.25) is 0 Å². The van der Waals surface area contributed by atoms with E-state index in [2.05, 4.69) is 0 Å². The Morgan fingerprint density at radius 3 is 2.36 bits per heavy atom. The summed E-state index contributed by atoms with van der Waals surface area (Å²) in [6, 6.07) is -0.647. The molecule has 1 aliphatic rings. The zero-order valence-electron chi connectivity index (χ0n) is 8.62. The van der Waals surface area contributed by atoms with Gasteiger partial charge < -0.3 is 10.8 Å². The molecule has 4 heteroatoms. The number of rotatable bonds is 5. The molecule has 0 saturated heterocycles. The van der Waals surface area contributed by atoms with E-state index in [0.29, 0.717) is 0 Å². The van der Waals surface area contributed by atoms with Crippen molar-refractivity contribution in [3.8, 4) is 0 Å². The Bertz CT molecular complexity index is 256. The second-order valence-corrected chi connectivity index (χ2v) is 4.71. The van der Waals surface area contributed by atoms with Gasteiger partial charge >= 0.3 is 5.97 Å². The highest BCUT2D eigenvalue weighted by Gasteiger charge is 2.40. The van der Waals surface area contributed by atoms with Crippen molar-refractivity contribution < 1.29 is 14.7 Å². The minimum atomic E-state index is -0.908. The van der Waals surface area contributed by atoms with Crippen LogP contribution in [0.15, 0.2) is 0 Å². The van der Waals surface area contributed by atoms with Gasteiger partial charge in [-0.2, -0.15) is 0 Å². The van der Waals surface area contributed by atoms with Gasteiger partial charge in [0.25, 0.3) is 0 Å². The fourth-order valence-corrected chi connectivity index (χ4v) is 1.51. The third-order valence-corrected chi connectivity index (χ3v) is 2.74. The first-order valence-electron chi connectivity index (χ1n) is 4.85. The largest absolute Gasteiger partial charge is 0.481 e. The smallest absolute Gasteiger partial charge is 0.303 e. The maximum atomic E-state index is 11.6. The van der Waals surface area contributed by atoms with E-state index in [0.717, 1.165) is 12.8 Å². The highest BCUT2D eigenvalue weighted by molar-refractivity contribution is 5.89. The summed E-state index contributed by atoms with van der Waals surface area (Å²) in [5, 5.41) is 8.67. The van der Waals surface area contributed by atoms with E-state index >= 15 is 0 Å². The van der Waals surface area contributed by atoms with Crippen LogP contribution in [0.25, 0.3) is 0 Å². The molecule has 0 spiro atoms. The molecule has 0 aromatic carbocycles. The van der Waals surface area contributed by atoms with E-state index in [1.807, 2.05) is 0 Å². The molecule has 0 heterocycles. The molecule has 3 N–H and O–H groups in total. The summed E-state index contributed by atoms with van der Waals surface area (Å²) in [4.78, 5) is 22.2. The average Bonchev–Trinajstić information content (AvgIpc) is 2.81. The van der Waals surface area contributed by atoms with Gasteiger partial charge in [0, 0.05) is 5.92 Å². The Morgan fingerprint density at radius 1 is 1.50 bits per heavy atom. The normalized spacial score (nSPS) is 19.1. The first-order chi connectivity index (χ1) is 6.34. The molecule has 1 rings (SSSR count). The monoisotopic (exact) mass is 199 g/mol. The summed E-state index contributed by atoms with van der Waals surface area (Å²) in [7, 11) is 0. The molecule has 0 aromatic heterocycles. The molecule has 0 bridgehead atoms. The second-order valence-electron chi connectivity index (χ2n) is 4.71. The minimum absolute atomic E-state index is 0.0243. The van der Waals surface area contributed by atoms with Crippen molar-refractivity contribution in [3.63, 3.8) is 0 Å². The Balaban J connectivity index is 2.60. The number of nitrogens with two attached hydrogens (primary N) is 1. The predicted octanol–water partition coefficient (Wildman–Crippen LogP) is 0.794. The number of Topliss-reactive ketones (excluding diaryl/α,β-unsaturated/α-hetero) is 1. The number of aliphatic carboxylic acids is 1. The number of hydrogen-bond donors (Lipinski definition) is 2. The molecule has 14 heavy (non-hydrogen) atoms. The van der Waals surface area contributed by atoms with Crippen LogP contribution < -0.4 is 5.73 Å². The van der Waals surface area contributed by atoms with E-state index in [1.165, 1.54) is 0 Å². The first kappa shape index (κ1) is 11.2. The van der Waals surface area contributed by atoms with Gasteiger partial charge in [0.1, 0.15) is 0 Å². The molecule has 0 aromatic rings. The Hall–Kier alpha value is -0.900. The lowest BCUT2D eigenvalue weighted by molar-refractivity contribution is -0.140. The van der Waals surface area contributed by atoms with Gasteiger partial charge in [-0.15, -0.1) is 0 Å². The van der Waals surface area contributed by atoms with Crippen LogP contribution in [-0.2, 0) is 9.59 Å². The summed E-state index contributed by atoms with van der Waals surface area (Å²) in [6.45, 7) is 3.46. The Kier molecular flexibility index (Phi) is 2.95. The average molecular weight is 199 g/mol. The maximum Gasteiger partial charge on any atom is 0.303 e. The molecule has 0 aliphatic heterocycles. The molecule has 1 unspecified atom stereocenters. The number of carboxylic acids is 1. The van der Waals surface area contributed by atoms with Crippen LogP contribution in [0.4, 0.5) is 0 Å². The topological polar surface area (TPSA) is 80.4 Å². The van der Waals surface area contributed by atoms with Crippen molar-refractivity contribution in [1.82, 2.24) is 0 Å². The minimum Gasteiger partial charge on any atom is -0.481 e. The second kappa shape index (κ2) is 3.69. The Morgan fingerprint density at radius 2 is 2.00 bits per heavy atom. The van der Waals surface area contributed by atoms with Crippen molar-refractivity contribution in [3.05, 3.63) is 0 Å². The van der Waals surface area contributed by atoms with Crippen LogP contribution >= 0.6 is 0 Å². The number of carboxylic acid groups (broad SMARTS) is 1. The van der Waals surface area contributed by atoms with Gasteiger partial charge in [-0.3, -0.25) is 9.59 Å². The highest BCUT2D eigenvalue weighted by Crippen LogP contribution is 2.35. The van der Waals surface area contributed by atoms with Crippen molar-refractivity contribution >= 4 is 11.8 Å². The molecule has 1 atom stereocenters. The third-order valence-electron chi connectivity index (χ3n) is 2.74. The highest BCUT2D eigenvalue weighted by atomic mass is 16.4. The number of carbonyl (C=O) groups is 2. The third kappa shape index (κ3) is 2.54. The number of hydrogen-bond acceptors (Lipinski definition) is 3. The summed E-state index contributed by atoms with van der Waals surface area (Å²) in [5.41, 5.74) is 5.12. The van der Waals surface area contributed by atoms with Gasteiger partial charge in [0.2, 0.25) is 0 Å². The van der Waals surface area contributed by atoms with Crippen molar-refractivity contribution in [2.24, 2.45) is 17.1 Å². The van der Waals surface area contributed by atoms with Crippen molar-refractivity contribution in [2.45, 2.75) is 39.2 Å². The van der Waals surface area contributed by atoms with Crippen LogP contribution in [0.1, 0.15) is 33.1 Å². The molecular formula is C10H17NO3. The fraction of sp³-hybridized carbons (Fsp3) is 0.800. The number of carbonyl (C=O) groups excluding carboxylic acids is 1. The summed E-state index contributed by atoms with van der Waals surface area (Å²) in [6.07, 6.45) is 1.76. The number of ketones is 1. The maximum absolute atomic E-state index is 11.6. The quantitative estimate of drug-likeness (QED) is 0.686. The summed E-state index contributed by atoms with van der Waals surface area (Å²) >= 11 is 0. The predicted molar refractivity (Wildman–Crippen MR) is 51.7 cm³/mol. The van der Waals surface area contributed by atoms with Crippen molar-refractivity contribution in [2.75, 3.05) is 0 Å². The molecule has 1 saturated carbocycles. The molecule has 80 valence electrons. The lowest BCUT2D eigenvalue weighted by Crippen LogP contribution is -2.45. The van der Waals surface area contributed by atoms with Crippen LogP contribution in [0.3, 0.4) is 0 Å². The standard InChI is InChI=1S/C10H17NO3/c1-10(2,5-7(12)13)9(11)8(14)6-3-4-6/h6,9H,3-5,11H2,1-2H3,(H,12,13). The molecular weight excluding hydrogens is 182 g/mol. The molecule has 0 amide bonds. The first-order valence-corrected chi connectivity index (χ1v) is 4.85. The van der Waals surface area contributed by atoms with Gasteiger partial charge in [0.15, 0.2) is 5.78 Å². The van der Waals surface area contributed by atoms with E-state index in [-0.39, 0.29) is 18.1 Å². The lowest BCUT2D eigenvalue weighted by atomic mass is 9.79. The Labute approximate surface area is 83.5 Å². The SMILES string of the molecule is CC(C)(CC(=O)O)C(N)C(=O)C1CC1. The van der Waals surface area contributed by atoms with E-state index < -0.39 is 17.4 Å². The fourth-order valence-electron chi connectivity index (χ4n) is 1.51. The van der Waals surface area contributed by atoms with Crippen LogP contribution in [0, 0.1) is 11.3 Å². The van der Waals surface area contributed by atoms with Gasteiger partial charge in [-0.1, -0.05) is 13.8 Å². The van der Waals surface area contributed by atoms with E-state index in [9.17, 15) is 9.59 Å². The molecule has 4 nitrogen and oxygen atoms in total. The summed E-state index contributed by atoms with van der Waals surface area (Å²) in [5.74, 6) is -0.789.